The van der Waals surface area contributed by atoms with Crippen LogP contribution in [-0.4, -0.2) is 12.5 Å². The van der Waals surface area contributed by atoms with Gasteiger partial charge in [0.15, 0.2) is 11.5 Å². The third kappa shape index (κ3) is 2.81. The zero-order valence-electron chi connectivity index (χ0n) is 8.46. The van der Waals surface area contributed by atoms with Crippen molar-refractivity contribution in [1.82, 2.24) is 0 Å². The molecule has 1 aliphatic carbocycles. The number of halogens is 3. The Bertz CT molecular complexity index is 358. The summed E-state index contributed by atoms with van der Waals surface area (Å²) in [6.45, 7) is 0. The van der Waals surface area contributed by atoms with E-state index in [0.29, 0.717) is 0 Å². The molecule has 1 aromatic carbocycles. The van der Waals surface area contributed by atoms with Gasteiger partial charge in [-0.05, 0) is 31.4 Å². The molecule has 0 radical (unpaired) electrons. The van der Waals surface area contributed by atoms with E-state index in [4.69, 9.17) is 4.74 Å². The van der Waals surface area contributed by atoms with E-state index in [1.807, 2.05) is 0 Å². The van der Waals surface area contributed by atoms with Crippen LogP contribution in [-0.2, 0) is 0 Å². The summed E-state index contributed by atoms with van der Waals surface area (Å²) in [5.41, 5.74) is 0. The van der Waals surface area contributed by atoms with Crippen LogP contribution in [0.4, 0.5) is 13.2 Å². The maximum atomic E-state index is 12.1. The zero-order chi connectivity index (χ0) is 11.6. The van der Waals surface area contributed by atoms with E-state index in [0.717, 1.165) is 19.3 Å². The second-order valence-electron chi connectivity index (χ2n) is 3.67. The first kappa shape index (κ1) is 11.1. The van der Waals surface area contributed by atoms with Gasteiger partial charge in [0.1, 0.15) is 0 Å². The van der Waals surface area contributed by atoms with Gasteiger partial charge in [-0.25, -0.2) is 0 Å². The van der Waals surface area contributed by atoms with Crippen LogP contribution < -0.4 is 9.47 Å². The molecule has 0 spiro atoms. The summed E-state index contributed by atoms with van der Waals surface area (Å²) in [4.78, 5) is 0. The van der Waals surface area contributed by atoms with Crippen molar-refractivity contribution in [2.45, 2.75) is 31.7 Å². The summed E-state index contributed by atoms with van der Waals surface area (Å²) in [6, 6.07) is 5.84. The number of alkyl halides is 3. The van der Waals surface area contributed by atoms with Crippen molar-refractivity contribution in [3.05, 3.63) is 24.3 Å². The van der Waals surface area contributed by atoms with Crippen molar-refractivity contribution in [2.24, 2.45) is 0 Å². The van der Waals surface area contributed by atoms with E-state index < -0.39 is 6.36 Å². The van der Waals surface area contributed by atoms with Gasteiger partial charge in [0.05, 0.1) is 6.10 Å². The Labute approximate surface area is 91.0 Å². The molecule has 0 saturated heterocycles. The Morgan fingerprint density at radius 1 is 1.06 bits per heavy atom. The molecule has 0 aliphatic heterocycles. The fourth-order valence-electron chi connectivity index (χ4n) is 1.42. The maximum Gasteiger partial charge on any atom is 0.573 e. The molecule has 0 amide bonds. The number of ether oxygens (including phenoxy) is 2. The van der Waals surface area contributed by atoms with Gasteiger partial charge in [0, 0.05) is 0 Å². The summed E-state index contributed by atoms with van der Waals surface area (Å²) < 4.78 is 45.5. The number of benzene rings is 1. The van der Waals surface area contributed by atoms with Gasteiger partial charge in [-0.3, -0.25) is 0 Å². The molecular weight excluding hydrogens is 221 g/mol. The Balaban J connectivity index is 2.09. The van der Waals surface area contributed by atoms with Crippen molar-refractivity contribution in [3.8, 4) is 11.5 Å². The van der Waals surface area contributed by atoms with Gasteiger partial charge in [-0.2, -0.15) is 0 Å². The molecule has 0 bridgehead atoms. The highest BCUT2D eigenvalue weighted by Gasteiger charge is 2.33. The molecule has 2 nitrogen and oxygen atoms in total. The first-order valence-corrected chi connectivity index (χ1v) is 5.06. The lowest BCUT2D eigenvalue weighted by Crippen LogP contribution is -2.25. The average molecular weight is 232 g/mol. The minimum atomic E-state index is -4.68. The molecular formula is C11H11F3O2. The van der Waals surface area contributed by atoms with Gasteiger partial charge >= 0.3 is 6.36 Å². The molecule has 16 heavy (non-hydrogen) atoms. The van der Waals surface area contributed by atoms with Crippen LogP contribution in [0.5, 0.6) is 11.5 Å². The fraction of sp³-hybridized carbons (Fsp3) is 0.455. The van der Waals surface area contributed by atoms with Crippen LogP contribution in [0.3, 0.4) is 0 Å². The number of hydrogen-bond donors (Lipinski definition) is 0. The molecule has 1 aromatic rings. The Kier molecular flexibility index (Phi) is 2.94. The lowest BCUT2D eigenvalue weighted by Gasteiger charge is -2.27. The highest BCUT2D eigenvalue weighted by molar-refractivity contribution is 5.39. The number of rotatable bonds is 3. The minimum Gasteiger partial charge on any atom is -0.487 e. The average Bonchev–Trinajstić information content (AvgIpc) is 2.11. The molecule has 5 heteroatoms. The molecule has 1 saturated carbocycles. The summed E-state index contributed by atoms with van der Waals surface area (Å²) in [7, 11) is 0. The van der Waals surface area contributed by atoms with Crippen LogP contribution in [0, 0.1) is 0 Å². The minimum absolute atomic E-state index is 0.0259. The number of hydrogen-bond acceptors (Lipinski definition) is 2. The monoisotopic (exact) mass is 232 g/mol. The van der Waals surface area contributed by atoms with E-state index in [1.165, 1.54) is 18.2 Å². The van der Waals surface area contributed by atoms with Gasteiger partial charge < -0.3 is 9.47 Å². The SMILES string of the molecule is FC(F)(F)Oc1ccccc1OC1CCC1. The Morgan fingerprint density at radius 2 is 1.69 bits per heavy atom. The molecule has 1 aliphatic rings. The Morgan fingerprint density at radius 3 is 2.19 bits per heavy atom. The first-order valence-electron chi connectivity index (χ1n) is 5.06. The predicted octanol–water partition coefficient (Wildman–Crippen LogP) is 3.52. The van der Waals surface area contributed by atoms with Crippen molar-refractivity contribution in [1.29, 1.82) is 0 Å². The van der Waals surface area contributed by atoms with Crippen molar-refractivity contribution >= 4 is 0 Å². The summed E-state index contributed by atoms with van der Waals surface area (Å²) in [6.07, 6.45) is -1.81. The van der Waals surface area contributed by atoms with E-state index >= 15 is 0 Å². The van der Waals surface area contributed by atoms with Crippen molar-refractivity contribution in [3.63, 3.8) is 0 Å². The maximum absolute atomic E-state index is 12.1. The smallest absolute Gasteiger partial charge is 0.487 e. The normalized spacial score (nSPS) is 16.7. The lowest BCUT2D eigenvalue weighted by atomic mass is 9.96. The van der Waals surface area contributed by atoms with Crippen LogP contribution in [0.2, 0.25) is 0 Å². The van der Waals surface area contributed by atoms with Crippen LogP contribution in [0.25, 0.3) is 0 Å². The standard InChI is InChI=1S/C11H11F3O2/c12-11(13,14)16-10-7-2-1-6-9(10)15-8-4-3-5-8/h1-2,6-8H,3-5H2. The topological polar surface area (TPSA) is 18.5 Å². The predicted molar refractivity (Wildman–Crippen MR) is 51.4 cm³/mol. The second-order valence-corrected chi connectivity index (χ2v) is 3.67. The first-order chi connectivity index (χ1) is 7.54. The van der Waals surface area contributed by atoms with Crippen LogP contribution >= 0.6 is 0 Å². The van der Waals surface area contributed by atoms with Crippen molar-refractivity contribution < 1.29 is 22.6 Å². The molecule has 88 valence electrons. The van der Waals surface area contributed by atoms with Gasteiger partial charge in [-0.15, -0.1) is 13.2 Å². The molecule has 1 fully saturated rings. The largest absolute Gasteiger partial charge is 0.573 e. The fourth-order valence-corrected chi connectivity index (χ4v) is 1.42. The third-order valence-electron chi connectivity index (χ3n) is 2.42. The van der Waals surface area contributed by atoms with E-state index in [1.54, 1.807) is 6.07 Å². The second kappa shape index (κ2) is 4.23. The van der Waals surface area contributed by atoms with Crippen LogP contribution in [0.15, 0.2) is 24.3 Å². The molecule has 0 unspecified atom stereocenters. The van der Waals surface area contributed by atoms with Crippen molar-refractivity contribution in [2.75, 3.05) is 0 Å². The molecule has 0 N–H and O–H groups in total. The quantitative estimate of drug-likeness (QED) is 0.793. The van der Waals surface area contributed by atoms with E-state index in [9.17, 15) is 13.2 Å². The third-order valence-corrected chi connectivity index (χ3v) is 2.42. The number of para-hydroxylation sites is 2. The van der Waals surface area contributed by atoms with E-state index in [2.05, 4.69) is 4.74 Å². The summed E-state index contributed by atoms with van der Waals surface area (Å²) >= 11 is 0. The molecule has 0 aromatic heterocycles. The van der Waals surface area contributed by atoms with Gasteiger partial charge in [0.25, 0.3) is 0 Å². The summed E-state index contributed by atoms with van der Waals surface area (Å²) in [5, 5.41) is 0. The summed E-state index contributed by atoms with van der Waals surface area (Å²) in [5.74, 6) is -0.119. The van der Waals surface area contributed by atoms with Crippen LogP contribution in [0.1, 0.15) is 19.3 Å². The highest BCUT2D eigenvalue weighted by atomic mass is 19.4. The van der Waals surface area contributed by atoms with Gasteiger partial charge in [-0.1, -0.05) is 12.1 Å². The zero-order valence-corrected chi connectivity index (χ0v) is 8.46. The lowest BCUT2D eigenvalue weighted by molar-refractivity contribution is -0.275. The van der Waals surface area contributed by atoms with E-state index in [-0.39, 0.29) is 17.6 Å². The molecule has 0 atom stereocenters. The Hall–Kier alpha value is -1.39. The van der Waals surface area contributed by atoms with Gasteiger partial charge in [0.2, 0.25) is 0 Å². The molecule has 0 heterocycles. The highest BCUT2D eigenvalue weighted by Crippen LogP contribution is 2.34. The molecule has 2 rings (SSSR count).